The Labute approximate surface area is 61.8 Å². The largest absolute Gasteiger partial charge is 0.272 e. The van der Waals surface area contributed by atoms with Crippen molar-refractivity contribution in [3.05, 3.63) is 5.01 Å². The fraction of sp³-hybridized carbons (Fsp3) is 0.500. The molecule has 1 rings (SSSR count). The van der Waals surface area contributed by atoms with Gasteiger partial charge in [-0.25, -0.2) is 0 Å². The summed E-state index contributed by atoms with van der Waals surface area (Å²) in [6, 6.07) is 0. The molecule has 0 saturated carbocycles. The third-order valence-corrected chi connectivity index (χ3v) is 2.54. The highest BCUT2D eigenvalue weighted by Gasteiger charge is 1.98. The molecule has 0 fully saturated rings. The van der Waals surface area contributed by atoms with Gasteiger partial charge in [0, 0.05) is 0 Å². The molecule has 9 heavy (non-hydrogen) atoms. The van der Waals surface area contributed by atoms with Gasteiger partial charge in [-0.2, -0.15) is 0 Å². The first-order chi connectivity index (χ1) is 4.36. The minimum absolute atomic E-state index is 0.840. The Morgan fingerprint density at radius 2 is 2.44 bits per heavy atom. The van der Waals surface area contributed by atoms with Gasteiger partial charge in [0.2, 0.25) is 0 Å². The van der Waals surface area contributed by atoms with Crippen molar-refractivity contribution in [2.24, 2.45) is 5.14 Å². The third-order valence-electron chi connectivity index (χ3n) is 0.852. The van der Waals surface area contributed by atoms with Crippen LogP contribution in [0.2, 0.25) is 0 Å². The van der Waals surface area contributed by atoms with Gasteiger partial charge in [0.05, 0.1) is 0 Å². The average Bonchev–Trinajstić information content (AvgIpc) is 2.34. The van der Waals surface area contributed by atoms with Crippen molar-refractivity contribution in [2.75, 3.05) is 0 Å². The van der Waals surface area contributed by atoms with Crippen LogP contribution in [0, 0.1) is 0 Å². The van der Waals surface area contributed by atoms with E-state index >= 15 is 0 Å². The zero-order chi connectivity index (χ0) is 6.69. The Hall–Kier alpha value is -0.130. The summed E-state index contributed by atoms with van der Waals surface area (Å²) in [7, 11) is 0. The molecule has 0 radical (unpaired) electrons. The van der Waals surface area contributed by atoms with Crippen LogP contribution in [0.5, 0.6) is 0 Å². The smallest absolute Gasteiger partial charge is 0.189 e. The molecule has 0 unspecified atom stereocenters. The lowest BCUT2D eigenvalue weighted by atomic mass is 10.5. The first-order valence-electron chi connectivity index (χ1n) is 2.56. The number of aryl methyl sites for hydroxylation is 1. The molecular weight excluding hydrogens is 154 g/mol. The van der Waals surface area contributed by atoms with Crippen molar-refractivity contribution in [2.45, 2.75) is 17.7 Å². The fourth-order valence-corrected chi connectivity index (χ4v) is 1.51. The second-order valence-electron chi connectivity index (χ2n) is 1.43. The van der Waals surface area contributed by atoms with Gasteiger partial charge in [0.25, 0.3) is 0 Å². The van der Waals surface area contributed by atoms with Crippen LogP contribution in [0.4, 0.5) is 0 Å². The Morgan fingerprint density at radius 1 is 1.67 bits per heavy atom. The SMILES string of the molecule is CCc1nnc(SN)s1. The summed E-state index contributed by atoms with van der Waals surface area (Å²) in [6.45, 7) is 2.05. The molecule has 0 aliphatic carbocycles. The molecule has 0 saturated heterocycles. The molecule has 1 heterocycles. The van der Waals surface area contributed by atoms with Crippen LogP contribution < -0.4 is 5.14 Å². The van der Waals surface area contributed by atoms with Crippen LogP contribution in [0.15, 0.2) is 4.34 Å². The van der Waals surface area contributed by atoms with E-state index < -0.39 is 0 Å². The maximum atomic E-state index is 5.24. The highest BCUT2D eigenvalue weighted by atomic mass is 32.2. The number of nitrogens with zero attached hydrogens (tertiary/aromatic N) is 2. The highest BCUT2D eigenvalue weighted by Crippen LogP contribution is 2.16. The first-order valence-corrected chi connectivity index (χ1v) is 4.25. The van der Waals surface area contributed by atoms with Gasteiger partial charge < -0.3 is 0 Å². The minimum atomic E-state index is 0.840. The maximum Gasteiger partial charge on any atom is 0.189 e. The molecule has 5 heteroatoms. The quantitative estimate of drug-likeness (QED) is 0.659. The van der Waals surface area contributed by atoms with E-state index in [0.717, 1.165) is 27.7 Å². The van der Waals surface area contributed by atoms with Crippen LogP contribution in [0.3, 0.4) is 0 Å². The predicted molar refractivity (Wildman–Crippen MR) is 39.3 cm³/mol. The molecule has 0 aromatic carbocycles. The summed E-state index contributed by atoms with van der Waals surface area (Å²) in [5.74, 6) is 0. The van der Waals surface area contributed by atoms with Crippen molar-refractivity contribution >= 4 is 23.3 Å². The predicted octanol–water partition coefficient (Wildman–Crippen LogP) is 1.07. The van der Waals surface area contributed by atoms with Crippen LogP contribution in [0.25, 0.3) is 0 Å². The second kappa shape index (κ2) is 3.14. The highest BCUT2D eigenvalue weighted by molar-refractivity contribution is 7.98. The van der Waals surface area contributed by atoms with Gasteiger partial charge in [0.1, 0.15) is 5.01 Å². The van der Waals surface area contributed by atoms with E-state index in [1.807, 2.05) is 6.92 Å². The summed E-state index contributed by atoms with van der Waals surface area (Å²) in [6.07, 6.45) is 0.943. The number of hydrogen-bond donors (Lipinski definition) is 1. The molecule has 3 nitrogen and oxygen atoms in total. The summed E-state index contributed by atoms with van der Waals surface area (Å²) in [4.78, 5) is 0. The van der Waals surface area contributed by atoms with Gasteiger partial charge in [-0.05, 0) is 18.4 Å². The van der Waals surface area contributed by atoms with Crippen LogP contribution in [0.1, 0.15) is 11.9 Å². The topological polar surface area (TPSA) is 51.8 Å². The summed E-state index contributed by atoms with van der Waals surface area (Å²) >= 11 is 2.70. The molecule has 0 spiro atoms. The monoisotopic (exact) mass is 161 g/mol. The van der Waals surface area contributed by atoms with E-state index in [2.05, 4.69) is 10.2 Å². The third kappa shape index (κ3) is 1.64. The Bertz CT molecular complexity index is 167. The number of hydrogen-bond acceptors (Lipinski definition) is 5. The summed E-state index contributed by atoms with van der Waals surface area (Å²) in [5, 5.41) is 14.0. The minimum Gasteiger partial charge on any atom is -0.272 e. The molecule has 2 N–H and O–H groups in total. The lowest BCUT2D eigenvalue weighted by Gasteiger charge is -1.78. The second-order valence-corrected chi connectivity index (χ2v) is 3.38. The van der Waals surface area contributed by atoms with Crippen molar-refractivity contribution in [3.8, 4) is 0 Å². The molecule has 0 atom stereocenters. The Balaban J connectivity index is 2.74. The lowest BCUT2D eigenvalue weighted by molar-refractivity contribution is 0.944. The van der Waals surface area contributed by atoms with E-state index in [1.165, 1.54) is 0 Å². The molecule has 0 aliphatic heterocycles. The lowest BCUT2D eigenvalue weighted by Crippen LogP contribution is -1.77. The molecule has 1 aromatic heterocycles. The number of nitrogens with two attached hydrogens (primary N) is 1. The average molecular weight is 161 g/mol. The van der Waals surface area contributed by atoms with Gasteiger partial charge >= 0.3 is 0 Å². The van der Waals surface area contributed by atoms with E-state index in [1.54, 1.807) is 11.3 Å². The Kier molecular flexibility index (Phi) is 2.44. The van der Waals surface area contributed by atoms with Gasteiger partial charge in [-0.3, -0.25) is 5.14 Å². The standard InChI is InChI=1S/C4H7N3S2/c1-2-3-6-7-4(8-3)9-5/h2,5H2,1H3. The van der Waals surface area contributed by atoms with Crippen LogP contribution >= 0.6 is 23.3 Å². The van der Waals surface area contributed by atoms with Gasteiger partial charge in [-0.1, -0.05) is 18.3 Å². The van der Waals surface area contributed by atoms with Crippen molar-refractivity contribution in [3.63, 3.8) is 0 Å². The normalized spacial score (nSPS) is 10.0. The molecule has 0 amide bonds. The number of rotatable bonds is 2. The fourth-order valence-electron chi connectivity index (χ4n) is 0.429. The number of aromatic nitrogens is 2. The molecule has 0 aliphatic rings. The molecular formula is C4H7N3S2. The van der Waals surface area contributed by atoms with E-state index in [-0.39, 0.29) is 0 Å². The zero-order valence-electron chi connectivity index (χ0n) is 5.00. The summed E-state index contributed by atoms with van der Waals surface area (Å²) in [5.41, 5.74) is 0. The Morgan fingerprint density at radius 3 is 2.78 bits per heavy atom. The van der Waals surface area contributed by atoms with E-state index in [9.17, 15) is 0 Å². The first kappa shape index (κ1) is 6.98. The van der Waals surface area contributed by atoms with E-state index in [0.29, 0.717) is 0 Å². The van der Waals surface area contributed by atoms with Gasteiger partial charge in [-0.15, -0.1) is 10.2 Å². The van der Waals surface area contributed by atoms with Crippen LogP contribution in [-0.4, -0.2) is 10.2 Å². The van der Waals surface area contributed by atoms with Crippen molar-refractivity contribution in [1.82, 2.24) is 10.2 Å². The van der Waals surface area contributed by atoms with Crippen LogP contribution in [-0.2, 0) is 6.42 Å². The summed E-state index contributed by atoms with van der Waals surface area (Å²) < 4.78 is 0.840. The maximum absolute atomic E-state index is 5.24. The van der Waals surface area contributed by atoms with Gasteiger partial charge in [0.15, 0.2) is 4.34 Å². The van der Waals surface area contributed by atoms with Crippen molar-refractivity contribution < 1.29 is 0 Å². The zero-order valence-corrected chi connectivity index (χ0v) is 6.63. The molecule has 50 valence electrons. The van der Waals surface area contributed by atoms with Crippen molar-refractivity contribution in [1.29, 1.82) is 0 Å². The molecule has 1 aromatic rings. The molecule has 0 bridgehead atoms. The van der Waals surface area contributed by atoms with E-state index in [4.69, 9.17) is 5.14 Å².